The molecule has 2 fully saturated rings. The van der Waals surface area contributed by atoms with Crippen LogP contribution in [0, 0.1) is 5.92 Å². The van der Waals surface area contributed by atoms with Gasteiger partial charge >= 0.3 is 0 Å². The molecule has 2 aromatic rings. The molecule has 7 nitrogen and oxygen atoms in total. The summed E-state index contributed by atoms with van der Waals surface area (Å²) in [5.41, 5.74) is 2.81. The molecule has 0 saturated carbocycles. The third-order valence-corrected chi connectivity index (χ3v) is 5.44. The predicted octanol–water partition coefficient (Wildman–Crippen LogP) is 1.50. The van der Waals surface area contributed by atoms with Gasteiger partial charge in [0.15, 0.2) is 0 Å². The van der Waals surface area contributed by atoms with Crippen LogP contribution < -0.4 is 16.0 Å². The molecule has 138 valence electrons. The summed E-state index contributed by atoms with van der Waals surface area (Å²) in [6.45, 7) is 3.09. The number of carbonyl (C=O) groups is 2. The number of aryl methyl sites for hydroxylation is 1. The molecular formula is C19H25N5O2. The molecule has 3 heterocycles. The second-order valence-electron chi connectivity index (χ2n) is 7.31. The highest BCUT2D eigenvalue weighted by molar-refractivity contribution is 6.03. The van der Waals surface area contributed by atoms with Crippen molar-refractivity contribution in [2.75, 3.05) is 25.0 Å². The molecule has 2 saturated heterocycles. The van der Waals surface area contributed by atoms with Crippen LogP contribution in [0.5, 0.6) is 0 Å². The highest BCUT2D eigenvalue weighted by Gasteiger charge is 2.31. The fraction of sp³-hybridized carbons (Fsp3) is 0.526. The molecule has 0 bridgehead atoms. The smallest absolute Gasteiger partial charge is 0.235 e. The topological polar surface area (TPSA) is 88.0 Å². The van der Waals surface area contributed by atoms with E-state index in [9.17, 15) is 9.59 Å². The fourth-order valence-corrected chi connectivity index (χ4v) is 4.07. The van der Waals surface area contributed by atoms with Gasteiger partial charge in [-0.2, -0.15) is 5.10 Å². The van der Waals surface area contributed by atoms with Crippen molar-refractivity contribution >= 4 is 28.4 Å². The molecule has 0 radical (unpaired) electrons. The maximum atomic E-state index is 12.3. The Morgan fingerprint density at radius 2 is 2.19 bits per heavy atom. The van der Waals surface area contributed by atoms with Gasteiger partial charge in [-0.15, -0.1) is 0 Å². The quantitative estimate of drug-likeness (QED) is 0.724. The second kappa shape index (κ2) is 7.07. The average molecular weight is 355 g/mol. The van der Waals surface area contributed by atoms with Crippen LogP contribution in [0.25, 0.3) is 10.9 Å². The summed E-state index contributed by atoms with van der Waals surface area (Å²) in [5, 5.41) is 15.1. The third kappa shape index (κ3) is 3.19. The Bertz CT molecular complexity index is 838. The van der Waals surface area contributed by atoms with Crippen molar-refractivity contribution < 1.29 is 9.59 Å². The summed E-state index contributed by atoms with van der Waals surface area (Å²) in [5.74, 6) is -0.182. The Balaban J connectivity index is 1.61. The first kappa shape index (κ1) is 17.0. The minimum atomic E-state index is -0.366. The number of piperidine rings is 2. The van der Waals surface area contributed by atoms with Gasteiger partial charge < -0.3 is 10.6 Å². The van der Waals surface area contributed by atoms with Crippen LogP contribution >= 0.6 is 0 Å². The first-order valence-electron chi connectivity index (χ1n) is 9.37. The van der Waals surface area contributed by atoms with Crippen LogP contribution in [-0.2, 0) is 16.6 Å². The van der Waals surface area contributed by atoms with Crippen LogP contribution in [0.15, 0.2) is 18.2 Å². The number of carbonyl (C=O) groups excluding carboxylic acids is 2. The van der Waals surface area contributed by atoms with Crippen molar-refractivity contribution in [1.82, 2.24) is 20.4 Å². The number of imide groups is 1. The Kier molecular flexibility index (Phi) is 4.63. The largest absolute Gasteiger partial charge is 0.383 e. The van der Waals surface area contributed by atoms with Crippen LogP contribution in [-0.4, -0.2) is 41.2 Å². The van der Waals surface area contributed by atoms with E-state index >= 15 is 0 Å². The monoisotopic (exact) mass is 355 g/mol. The van der Waals surface area contributed by atoms with Crippen LogP contribution in [0.1, 0.15) is 37.3 Å². The van der Waals surface area contributed by atoms with Gasteiger partial charge in [-0.05, 0) is 44.3 Å². The van der Waals surface area contributed by atoms with Gasteiger partial charge in [-0.3, -0.25) is 19.6 Å². The minimum absolute atomic E-state index is 0.199. The molecule has 2 atom stereocenters. The molecule has 2 aliphatic heterocycles. The first-order valence-corrected chi connectivity index (χ1v) is 9.37. The Labute approximate surface area is 152 Å². The van der Waals surface area contributed by atoms with Gasteiger partial charge in [-0.1, -0.05) is 12.1 Å². The highest BCUT2D eigenvalue weighted by Crippen LogP contribution is 2.33. The third-order valence-electron chi connectivity index (χ3n) is 5.44. The Morgan fingerprint density at radius 1 is 1.31 bits per heavy atom. The van der Waals surface area contributed by atoms with Gasteiger partial charge in [0.2, 0.25) is 11.8 Å². The second-order valence-corrected chi connectivity index (χ2v) is 7.31. The summed E-state index contributed by atoms with van der Waals surface area (Å²) >= 11 is 0. The summed E-state index contributed by atoms with van der Waals surface area (Å²) in [6.07, 6.45) is 3.34. The molecule has 1 unspecified atom stereocenters. The highest BCUT2D eigenvalue weighted by atomic mass is 16.2. The fourth-order valence-electron chi connectivity index (χ4n) is 4.07. The molecule has 1 aromatic carbocycles. The lowest BCUT2D eigenvalue weighted by Gasteiger charge is -2.23. The van der Waals surface area contributed by atoms with Crippen LogP contribution in [0.2, 0.25) is 0 Å². The van der Waals surface area contributed by atoms with Crippen molar-refractivity contribution in [3.63, 3.8) is 0 Å². The van der Waals surface area contributed by atoms with Crippen molar-refractivity contribution in [3.8, 4) is 0 Å². The molecule has 1 aromatic heterocycles. The van der Waals surface area contributed by atoms with Gasteiger partial charge in [0, 0.05) is 25.4 Å². The summed E-state index contributed by atoms with van der Waals surface area (Å²) < 4.78 is 1.84. The normalized spacial score (nSPS) is 23.9. The molecule has 0 spiro atoms. The zero-order valence-electron chi connectivity index (χ0n) is 15.0. The summed E-state index contributed by atoms with van der Waals surface area (Å²) in [6, 6.07) is 6.07. The van der Waals surface area contributed by atoms with E-state index < -0.39 is 0 Å². The molecule has 2 amide bonds. The van der Waals surface area contributed by atoms with Crippen molar-refractivity contribution in [1.29, 1.82) is 0 Å². The lowest BCUT2D eigenvalue weighted by Crippen LogP contribution is -2.39. The number of hydrogen-bond donors (Lipinski definition) is 3. The maximum Gasteiger partial charge on any atom is 0.235 e. The average Bonchev–Trinajstić information content (AvgIpc) is 2.98. The molecule has 7 heteroatoms. The molecule has 26 heavy (non-hydrogen) atoms. The number of anilines is 1. The van der Waals surface area contributed by atoms with Crippen molar-refractivity contribution in [2.45, 2.75) is 31.6 Å². The standard InChI is InChI=1S/C19H25N5O2/c1-24-18-13(17(23-24)14-7-8-16(25)22-19(14)26)5-2-6-15(18)21-11-12-4-3-9-20-10-12/h2,5-6,12,14,20-21H,3-4,7-11H2,1H3,(H,22,25,26)/t12-,14?/m1/s1. The molecular weight excluding hydrogens is 330 g/mol. The minimum Gasteiger partial charge on any atom is -0.383 e. The predicted molar refractivity (Wildman–Crippen MR) is 99.9 cm³/mol. The van der Waals surface area contributed by atoms with Gasteiger partial charge in [0.1, 0.15) is 0 Å². The van der Waals surface area contributed by atoms with Crippen LogP contribution in [0.3, 0.4) is 0 Å². The lowest BCUT2D eigenvalue weighted by molar-refractivity contribution is -0.134. The van der Waals surface area contributed by atoms with E-state index in [1.165, 1.54) is 12.8 Å². The number of benzene rings is 1. The van der Waals surface area contributed by atoms with E-state index in [1.807, 2.05) is 23.9 Å². The van der Waals surface area contributed by atoms with Crippen LogP contribution in [0.4, 0.5) is 5.69 Å². The molecule has 3 N–H and O–H groups in total. The zero-order valence-corrected chi connectivity index (χ0v) is 15.0. The number of nitrogens with zero attached hydrogens (tertiary/aromatic N) is 2. The summed E-state index contributed by atoms with van der Waals surface area (Å²) in [4.78, 5) is 23.7. The van der Waals surface area contributed by atoms with E-state index in [2.05, 4.69) is 27.1 Å². The van der Waals surface area contributed by atoms with Crippen molar-refractivity contribution in [3.05, 3.63) is 23.9 Å². The van der Waals surface area contributed by atoms with E-state index in [-0.39, 0.29) is 17.7 Å². The van der Waals surface area contributed by atoms with Gasteiger partial charge in [-0.25, -0.2) is 0 Å². The summed E-state index contributed by atoms with van der Waals surface area (Å²) in [7, 11) is 1.91. The van der Waals surface area contributed by atoms with Gasteiger partial charge in [0.05, 0.1) is 22.8 Å². The first-order chi connectivity index (χ1) is 12.6. The van der Waals surface area contributed by atoms with E-state index in [0.717, 1.165) is 41.9 Å². The number of nitrogens with one attached hydrogen (secondary N) is 3. The lowest BCUT2D eigenvalue weighted by atomic mass is 9.92. The number of rotatable bonds is 4. The number of fused-ring (bicyclic) bond motifs is 1. The molecule has 4 rings (SSSR count). The number of aromatic nitrogens is 2. The number of hydrogen-bond acceptors (Lipinski definition) is 5. The number of para-hydroxylation sites is 1. The maximum absolute atomic E-state index is 12.3. The SMILES string of the molecule is Cn1nc(C2CCC(=O)NC2=O)c2cccc(NC[C@@H]3CCCNC3)c21. The van der Waals surface area contributed by atoms with E-state index in [4.69, 9.17) is 0 Å². The number of amides is 2. The molecule has 0 aliphatic carbocycles. The van der Waals surface area contributed by atoms with E-state index in [1.54, 1.807) is 0 Å². The van der Waals surface area contributed by atoms with E-state index in [0.29, 0.717) is 18.8 Å². The molecule has 2 aliphatic rings. The Hall–Kier alpha value is -2.41. The zero-order chi connectivity index (χ0) is 18.1. The van der Waals surface area contributed by atoms with Gasteiger partial charge in [0.25, 0.3) is 0 Å². The van der Waals surface area contributed by atoms with Crippen molar-refractivity contribution in [2.24, 2.45) is 13.0 Å². The Morgan fingerprint density at radius 3 is 2.96 bits per heavy atom.